The Balaban J connectivity index is 1.73. The third-order valence-electron chi connectivity index (χ3n) is 3.49. The molecule has 7 heteroatoms. The van der Waals surface area contributed by atoms with Crippen LogP contribution < -0.4 is 9.64 Å². The molecule has 0 radical (unpaired) electrons. The Morgan fingerprint density at radius 3 is 2.36 bits per heavy atom. The van der Waals surface area contributed by atoms with Crippen molar-refractivity contribution in [2.24, 2.45) is 0 Å². The molecule has 2 aromatic rings. The Bertz CT molecular complexity index is 618. The highest BCUT2D eigenvalue weighted by Crippen LogP contribution is 2.33. The number of halogens is 3. The lowest BCUT2D eigenvalue weighted by Gasteiger charge is -2.25. The maximum absolute atomic E-state index is 12.1. The molecule has 0 unspecified atom stereocenters. The second kappa shape index (κ2) is 6.16. The van der Waals surface area contributed by atoms with Gasteiger partial charge in [-0.3, -0.25) is 0 Å². The van der Waals surface area contributed by atoms with Gasteiger partial charge in [-0.1, -0.05) is 11.3 Å². The minimum absolute atomic E-state index is 0.211. The highest BCUT2D eigenvalue weighted by molar-refractivity contribution is 7.18. The fourth-order valence-electron chi connectivity index (χ4n) is 2.45. The number of ether oxygens (including phenoxy) is 1. The number of hydrogen-bond donors (Lipinski definition) is 0. The molecule has 1 saturated heterocycles. The SMILES string of the molecule is FC(F)(F)Oc1ccc(-c2cnc(N3CCCCC3)s2)cc1. The molecule has 0 aliphatic carbocycles. The quantitative estimate of drug-likeness (QED) is 0.817. The van der Waals surface area contributed by atoms with Gasteiger partial charge in [0, 0.05) is 19.3 Å². The largest absolute Gasteiger partial charge is 0.573 e. The van der Waals surface area contributed by atoms with E-state index in [1.54, 1.807) is 29.7 Å². The van der Waals surface area contributed by atoms with Crippen LogP contribution in [0, 0.1) is 0 Å². The van der Waals surface area contributed by atoms with Crippen LogP contribution in [0.2, 0.25) is 0 Å². The van der Waals surface area contributed by atoms with Gasteiger partial charge in [-0.2, -0.15) is 0 Å². The number of thiazole rings is 1. The Kier molecular flexibility index (Phi) is 4.24. The topological polar surface area (TPSA) is 25.4 Å². The average molecular weight is 328 g/mol. The standard InChI is InChI=1S/C15H15F3N2OS/c16-15(17,18)21-12-6-4-11(5-7-12)13-10-19-14(22-13)20-8-2-1-3-9-20/h4-7,10H,1-3,8-9H2. The molecule has 22 heavy (non-hydrogen) atoms. The highest BCUT2D eigenvalue weighted by atomic mass is 32.1. The van der Waals surface area contributed by atoms with Crippen molar-refractivity contribution in [1.29, 1.82) is 0 Å². The van der Waals surface area contributed by atoms with Gasteiger partial charge in [0.1, 0.15) is 5.75 Å². The van der Waals surface area contributed by atoms with Crippen molar-refractivity contribution < 1.29 is 17.9 Å². The summed E-state index contributed by atoms with van der Waals surface area (Å²) in [6.45, 7) is 2.04. The molecule has 1 fully saturated rings. The summed E-state index contributed by atoms with van der Waals surface area (Å²) in [7, 11) is 0. The zero-order valence-corrected chi connectivity index (χ0v) is 12.6. The molecular weight excluding hydrogens is 313 g/mol. The van der Waals surface area contributed by atoms with Crippen LogP contribution in [0.1, 0.15) is 19.3 Å². The van der Waals surface area contributed by atoms with E-state index in [1.807, 2.05) is 0 Å². The molecule has 0 atom stereocenters. The number of aromatic nitrogens is 1. The molecule has 1 aliphatic heterocycles. The third kappa shape index (κ3) is 3.71. The van der Waals surface area contributed by atoms with E-state index < -0.39 is 6.36 Å². The van der Waals surface area contributed by atoms with Crippen molar-refractivity contribution in [1.82, 2.24) is 4.98 Å². The van der Waals surface area contributed by atoms with Crippen LogP contribution in [0.3, 0.4) is 0 Å². The second-order valence-corrected chi connectivity index (χ2v) is 6.14. The highest BCUT2D eigenvalue weighted by Gasteiger charge is 2.31. The van der Waals surface area contributed by atoms with Gasteiger partial charge in [-0.05, 0) is 49.1 Å². The second-order valence-electron chi connectivity index (χ2n) is 5.13. The number of nitrogens with zero attached hydrogens (tertiary/aromatic N) is 2. The van der Waals surface area contributed by atoms with Gasteiger partial charge in [0.2, 0.25) is 0 Å². The average Bonchev–Trinajstić information content (AvgIpc) is 2.97. The van der Waals surface area contributed by atoms with Gasteiger partial charge < -0.3 is 9.64 Å². The lowest BCUT2D eigenvalue weighted by Crippen LogP contribution is -2.29. The number of anilines is 1. The molecule has 0 bridgehead atoms. The Labute approximate surface area is 130 Å². The molecule has 0 N–H and O–H groups in total. The summed E-state index contributed by atoms with van der Waals surface area (Å²) in [6.07, 6.45) is 0.730. The lowest BCUT2D eigenvalue weighted by molar-refractivity contribution is -0.274. The van der Waals surface area contributed by atoms with Crippen molar-refractivity contribution in [3.63, 3.8) is 0 Å². The number of hydrogen-bond acceptors (Lipinski definition) is 4. The predicted octanol–water partition coefficient (Wildman–Crippen LogP) is 4.70. The Hall–Kier alpha value is -1.76. The predicted molar refractivity (Wildman–Crippen MR) is 80.3 cm³/mol. The van der Waals surface area contributed by atoms with Gasteiger partial charge >= 0.3 is 6.36 Å². The van der Waals surface area contributed by atoms with Gasteiger partial charge in [-0.25, -0.2) is 4.98 Å². The number of rotatable bonds is 3. The van der Waals surface area contributed by atoms with Crippen LogP contribution >= 0.6 is 11.3 Å². The zero-order valence-electron chi connectivity index (χ0n) is 11.8. The maximum atomic E-state index is 12.1. The van der Waals surface area contributed by atoms with Crippen molar-refractivity contribution in [2.45, 2.75) is 25.6 Å². The summed E-state index contributed by atoms with van der Waals surface area (Å²) in [5.74, 6) is -0.211. The molecule has 0 spiro atoms. The van der Waals surface area contributed by atoms with E-state index in [2.05, 4.69) is 14.6 Å². The first-order valence-electron chi connectivity index (χ1n) is 7.08. The molecule has 1 aromatic carbocycles. The van der Waals surface area contributed by atoms with Crippen LogP contribution in [0.25, 0.3) is 10.4 Å². The van der Waals surface area contributed by atoms with E-state index in [4.69, 9.17) is 0 Å². The van der Waals surface area contributed by atoms with E-state index in [9.17, 15) is 13.2 Å². The number of benzene rings is 1. The van der Waals surface area contributed by atoms with Crippen molar-refractivity contribution in [2.75, 3.05) is 18.0 Å². The van der Waals surface area contributed by atoms with Crippen molar-refractivity contribution in [3.05, 3.63) is 30.5 Å². The molecule has 1 aliphatic rings. The molecule has 118 valence electrons. The summed E-state index contributed by atoms with van der Waals surface area (Å²) in [5.41, 5.74) is 0.843. The van der Waals surface area contributed by atoms with Crippen molar-refractivity contribution >= 4 is 16.5 Å². The molecule has 0 amide bonds. The van der Waals surface area contributed by atoms with Crippen LogP contribution in [0.15, 0.2) is 30.5 Å². The van der Waals surface area contributed by atoms with E-state index in [1.165, 1.54) is 31.4 Å². The minimum atomic E-state index is -4.66. The summed E-state index contributed by atoms with van der Waals surface area (Å²) >= 11 is 1.56. The maximum Gasteiger partial charge on any atom is 0.573 e. The van der Waals surface area contributed by atoms with E-state index >= 15 is 0 Å². The van der Waals surface area contributed by atoms with Gasteiger partial charge in [-0.15, -0.1) is 13.2 Å². The fraction of sp³-hybridized carbons (Fsp3) is 0.400. The first kappa shape index (κ1) is 15.1. The zero-order chi connectivity index (χ0) is 15.6. The van der Waals surface area contributed by atoms with Crippen LogP contribution in [0.5, 0.6) is 5.75 Å². The summed E-state index contributed by atoms with van der Waals surface area (Å²) < 4.78 is 40.3. The fourth-order valence-corrected chi connectivity index (χ4v) is 3.42. The van der Waals surface area contributed by atoms with Gasteiger partial charge in [0.25, 0.3) is 0 Å². The van der Waals surface area contributed by atoms with Gasteiger partial charge in [0.05, 0.1) is 4.88 Å². The van der Waals surface area contributed by atoms with E-state index in [0.717, 1.165) is 28.7 Å². The third-order valence-corrected chi connectivity index (χ3v) is 4.60. The molecule has 1 aromatic heterocycles. The van der Waals surface area contributed by atoms with E-state index in [-0.39, 0.29) is 5.75 Å². The van der Waals surface area contributed by atoms with Crippen LogP contribution in [-0.2, 0) is 0 Å². The number of piperidine rings is 1. The monoisotopic (exact) mass is 328 g/mol. The van der Waals surface area contributed by atoms with Crippen molar-refractivity contribution in [3.8, 4) is 16.2 Å². The molecule has 0 saturated carbocycles. The lowest BCUT2D eigenvalue weighted by atomic mass is 10.1. The van der Waals surface area contributed by atoms with Crippen LogP contribution in [0.4, 0.5) is 18.3 Å². The first-order valence-corrected chi connectivity index (χ1v) is 7.90. The summed E-state index contributed by atoms with van der Waals surface area (Å²) in [4.78, 5) is 7.64. The first-order chi connectivity index (χ1) is 10.5. The van der Waals surface area contributed by atoms with Crippen LogP contribution in [-0.4, -0.2) is 24.4 Å². The Morgan fingerprint density at radius 2 is 1.73 bits per heavy atom. The number of alkyl halides is 3. The van der Waals surface area contributed by atoms with E-state index in [0.29, 0.717) is 0 Å². The Morgan fingerprint density at radius 1 is 1.05 bits per heavy atom. The molecule has 2 heterocycles. The minimum Gasteiger partial charge on any atom is -0.406 e. The summed E-state index contributed by atoms with van der Waals surface area (Å²) in [5, 5.41) is 0.977. The molecular formula is C15H15F3N2OS. The summed E-state index contributed by atoms with van der Waals surface area (Å²) in [6, 6.07) is 5.88. The molecule has 3 nitrogen and oxygen atoms in total. The normalized spacial score (nSPS) is 15.9. The smallest absolute Gasteiger partial charge is 0.406 e. The van der Waals surface area contributed by atoms with Gasteiger partial charge in [0.15, 0.2) is 5.13 Å². The molecule has 3 rings (SSSR count).